The normalized spacial score (nSPS) is 28.3. The average molecular weight is 473 g/mol. The molecule has 0 saturated heterocycles. The molecule has 10 heteroatoms. The van der Waals surface area contributed by atoms with Gasteiger partial charge in [0, 0.05) is 5.41 Å². The van der Waals surface area contributed by atoms with Gasteiger partial charge in [-0.2, -0.15) is 13.2 Å². The molecule has 4 aliphatic rings. The van der Waals surface area contributed by atoms with E-state index in [2.05, 4.69) is 5.32 Å². The zero-order valence-corrected chi connectivity index (χ0v) is 18.0. The van der Waals surface area contributed by atoms with Crippen molar-refractivity contribution in [1.82, 2.24) is 5.32 Å². The predicted molar refractivity (Wildman–Crippen MR) is 110 cm³/mol. The van der Waals surface area contributed by atoms with Crippen LogP contribution in [-0.4, -0.2) is 30.9 Å². The maximum Gasteiger partial charge on any atom is 0.418 e. The van der Waals surface area contributed by atoms with E-state index in [-0.39, 0.29) is 10.9 Å². The van der Waals surface area contributed by atoms with Crippen molar-refractivity contribution in [1.29, 1.82) is 0 Å². The lowest BCUT2D eigenvalue weighted by atomic mass is 9.49. The van der Waals surface area contributed by atoms with Crippen molar-refractivity contribution >= 4 is 35.1 Å². The number of carbonyl (C=O) groups is 3. The fourth-order valence-electron chi connectivity index (χ4n) is 5.99. The quantitative estimate of drug-likeness (QED) is 0.608. The molecule has 0 radical (unpaired) electrons. The van der Waals surface area contributed by atoms with Gasteiger partial charge in [0.05, 0.1) is 16.3 Å². The van der Waals surface area contributed by atoms with Crippen molar-refractivity contribution in [3.05, 3.63) is 28.8 Å². The van der Waals surface area contributed by atoms with Crippen LogP contribution in [0.15, 0.2) is 18.2 Å². The second kappa shape index (κ2) is 8.57. The molecule has 0 atom stereocenters. The summed E-state index contributed by atoms with van der Waals surface area (Å²) >= 11 is 5.79. The summed E-state index contributed by atoms with van der Waals surface area (Å²) < 4.78 is 44.1. The molecule has 1 aromatic carbocycles. The van der Waals surface area contributed by atoms with Gasteiger partial charge in [0.2, 0.25) is 5.91 Å². The Balaban J connectivity index is 1.26. The van der Waals surface area contributed by atoms with Crippen LogP contribution in [0.4, 0.5) is 18.9 Å². The molecule has 0 unspecified atom stereocenters. The van der Waals surface area contributed by atoms with Gasteiger partial charge in [0.15, 0.2) is 6.61 Å². The van der Waals surface area contributed by atoms with E-state index in [0.717, 1.165) is 31.4 Å². The summed E-state index contributed by atoms with van der Waals surface area (Å²) in [6.07, 6.45) is 1.39. The highest BCUT2D eigenvalue weighted by atomic mass is 35.5. The number of halogens is 4. The molecule has 2 N–H and O–H groups in total. The standard InChI is InChI=1S/C22H24ClF3N2O4/c23-16-3-1-2-15(22(24,25)26)19(16)28-17(29)11-32-18(30)10-27-20(31)21-7-12-4-13(8-21)6-14(5-12)9-21/h1-3,12-14H,4-11H2,(H,27,31)(H,28,29). The Morgan fingerprint density at radius 3 is 2.22 bits per heavy atom. The van der Waals surface area contributed by atoms with Crippen LogP contribution in [0.1, 0.15) is 44.1 Å². The van der Waals surface area contributed by atoms with Gasteiger partial charge in [-0.05, 0) is 68.4 Å². The van der Waals surface area contributed by atoms with Crippen molar-refractivity contribution in [2.24, 2.45) is 23.2 Å². The van der Waals surface area contributed by atoms with E-state index >= 15 is 0 Å². The second-order valence-corrected chi connectivity index (χ2v) is 9.66. The molecule has 1 aromatic rings. The zero-order valence-electron chi connectivity index (χ0n) is 17.3. The number of benzene rings is 1. The predicted octanol–water partition coefficient (Wildman–Crippen LogP) is 4.17. The Morgan fingerprint density at radius 1 is 1.06 bits per heavy atom. The largest absolute Gasteiger partial charge is 0.454 e. The highest BCUT2D eigenvalue weighted by molar-refractivity contribution is 6.34. The van der Waals surface area contributed by atoms with Crippen molar-refractivity contribution < 1.29 is 32.3 Å². The van der Waals surface area contributed by atoms with Crippen LogP contribution in [0.5, 0.6) is 0 Å². The van der Waals surface area contributed by atoms with Gasteiger partial charge in [-0.15, -0.1) is 0 Å². The monoisotopic (exact) mass is 472 g/mol. The zero-order chi connectivity index (χ0) is 23.1. The van der Waals surface area contributed by atoms with E-state index in [1.807, 2.05) is 5.32 Å². The summed E-state index contributed by atoms with van der Waals surface area (Å²) in [5.74, 6) is -0.223. The highest BCUT2D eigenvalue weighted by Gasteiger charge is 2.54. The number of rotatable bonds is 6. The lowest BCUT2D eigenvalue weighted by Gasteiger charge is -2.55. The molecular formula is C22H24ClF3N2O4. The molecule has 6 nitrogen and oxygen atoms in total. The first kappa shape index (κ1) is 22.9. The Morgan fingerprint density at radius 2 is 1.66 bits per heavy atom. The van der Waals surface area contributed by atoms with Crippen molar-refractivity contribution in [2.75, 3.05) is 18.5 Å². The van der Waals surface area contributed by atoms with Crippen LogP contribution in [-0.2, 0) is 25.3 Å². The van der Waals surface area contributed by atoms with Gasteiger partial charge in [0.25, 0.3) is 5.91 Å². The van der Waals surface area contributed by atoms with Crippen LogP contribution in [0.3, 0.4) is 0 Å². The van der Waals surface area contributed by atoms with E-state index in [9.17, 15) is 27.6 Å². The van der Waals surface area contributed by atoms with Crippen LogP contribution >= 0.6 is 11.6 Å². The number of nitrogens with one attached hydrogen (secondary N) is 2. The van der Waals surface area contributed by atoms with Gasteiger partial charge in [-0.25, -0.2) is 0 Å². The van der Waals surface area contributed by atoms with Crippen molar-refractivity contribution in [3.8, 4) is 0 Å². The van der Waals surface area contributed by atoms with Gasteiger partial charge in [0.1, 0.15) is 6.54 Å². The minimum Gasteiger partial charge on any atom is -0.454 e. The van der Waals surface area contributed by atoms with Crippen LogP contribution in [0, 0.1) is 23.2 Å². The molecular weight excluding hydrogens is 449 g/mol. The summed E-state index contributed by atoms with van der Waals surface area (Å²) in [6.45, 7) is -1.19. The molecule has 4 saturated carbocycles. The van der Waals surface area contributed by atoms with Crippen LogP contribution in [0.2, 0.25) is 5.02 Å². The SMILES string of the molecule is O=C(COC(=O)CNC(=O)C12CC3CC(CC(C3)C1)C2)Nc1c(Cl)cccc1C(F)(F)F. The maximum absolute atomic E-state index is 13.1. The number of esters is 1. The van der Waals surface area contributed by atoms with Gasteiger partial charge in [-0.1, -0.05) is 17.7 Å². The van der Waals surface area contributed by atoms with Gasteiger partial charge < -0.3 is 15.4 Å². The Labute approximate surface area is 188 Å². The number of hydrogen-bond donors (Lipinski definition) is 2. The molecule has 4 fully saturated rings. The summed E-state index contributed by atoms with van der Waals surface area (Å²) in [5.41, 5.74) is -2.12. The lowest BCUT2D eigenvalue weighted by molar-refractivity contribution is -0.152. The first-order chi connectivity index (χ1) is 15.1. The topological polar surface area (TPSA) is 84.5 Å². The van der Waals surface area contributed by atoms with Crippen molar-refractivity contribution in [2.45, 2.75) is 44.7 Å². The molecule has 5 rings (SSSR count). The summed E-state index contributed by atoms with van der Waals surface area (Å²) in [4.78, 5) is 36.8. The van der Waals surface area contributed by atoms with E-state index in [0.29, 0.717) is 17.8 Å². The highest BCUT2D eigenvalue weighted by Crippen LogP contribution is 2.60. The van der Waals surface area contributed by atoms with E-state index < -0.39 is 47.9 Å². The second-order valence-electron chi connectivity index (χ2n) is 9.25. The molecule has 0 aromatic heterocycles. The number of hydrogen-bond acceptors (Lipinski definition) is 4. The fraction of sp³-hybridized carbons (Fsp3) is 0.591. The Hall–Kier alpha value is -2.29. The van der Waals surface area contributed by atoms with Gasteiger partial charge in [-0.3, -0.25) is 14.4 Å². The average Bonchev–Trinajstić information content (AvgIpc) is 2.70. The first-order valence-electron chi connectivity index (χ1n) is 10.7. The number of carbonyl (C=O) groups excluding carboxylic acids is 3. The Bertz CT molecular complexity index is 899. The molecule has 4 bridgehead atoms. The minimum absolute atomic E-state index is 0.149. The number of alkyl halides is 3. The third-order valence-corrected chi connectivity index (χ3v) is 7.18. The van der Waals surface area contributed by atoms with Crippen LogP contribution in [0.25, 0.3) is 0 Å². The summed E-state index contributed by atoms with van der Waals surface area (Å²) in [7, 11) is 0. The molecule has 0 aliphatic heterocycles. The molecule has 0 spiro atoms. The molecule has 0 heterocycles. The van der Waals surface area contributed by atoms with E-state index in [1.165, 1.54) is 25.3 Å². The molecule has 2 amide bonds. The minimum atomic E-state index is -4.72. The lowest BCUT2D eigenvalue weighted by Crippen LogP contribution is -2.54. The Kier molecular flexibility index (Phi) is 6.13. The first-order valence-corrected chi connectivity index (χ1v) is 11.0. The van der Waals surface area contributed by atoms with Gasteiger partial charge >= 0.3 is 12.1 Å². The van der Waals surface area contributed by atoms with Crippen molar-refractivity contribution in [3.63, 3.8) is 0 Å². The molecule has 32 heavy (non-hydrogen) atoms. The number of amides is 2. The summed E-state index contributed by atoms with van der Waals surface area (Å²) in [5, 5.41) is 4.39. The number of para-hydroxylation sites is 1. The maximum atomic E-state index is 13.1. The number of anilines is 1. The number of ether oxygens (including phenoxy) is 1. The smallest absolute Gasteiger partial charge is 0.418 e. The molecule has 174 valence electrons. The third kappa shape index (κ3) is 4.72. The van der Waals surface area contributed by atoms with E-state index in [4.69, 9.17) is 16.3 Å². The molecule has 4 aliphatic carbocycles. The van der Waals surface area contributed by atoms with E-state index in [1.54, 1.807) is 0 Å². The summed E-state index contributed by atoms with van der Waals surface area (Å²) in [6, 6.07) is 3.11. The fourth-order valence-corrected chi connectivity index (χ4v) is 6.21. The van der Waals surface area contributed by atoms with Crippen LogP contribution < -0.4 is 10.6 Å². The third-order valence-electron chi connectivity index (χ3n) is 6.86.